The molecule has 1 fully saturated rings. The minimum atomic E-state index is -0.679. The van der Waals surface area contributed by atoms with Crippen molar-refractivity contribution in [2.24, 2.45) is 0 Å². The second kappa shape index (κ2) is 8.85. The number of carbonyl (C=O) groups is 3. The van der Waals surface area contributed by atoms with Gasteiger partial charge < -0.3 is 9.64 Å². The Morgan fingerprint density at radius 2 is 1.93 bits per heavy atom. The van der Waals surface area contributed by atoms with Gasteiger partial charge in [0.15, 0.2) is 5.12 Å². The summed E-state index contributed by atoms with van der Waals surface area (Å²) in [6.07, 6.45) is -0.270. The fourth-order valence-electron chi connectivity index (χ4n) is 2.79. The summed E-state index contributed by atoms with van der Waals surface area (Å²) >= 11 is 1.11. The smallest absolute Gasteiger partial charge is 0.410 e. The second-order valence-electron chi connectivity index (χ2n) is 6.35. The van der Waals surface area contributed by atoms with Gasteiger partial charge in [-0.05, 0) is 24.1 Å². The first-order valence-electron chi connectivity index (χ1n) is 8.24. The van der Waals surface area contributed by atoms with E-state index in [2.05, 4.69) is 0 Å². The molecule has 1 heterocycles. The fraction of sp³-hybridized carbons (Fsp3) is 0.471. The third kappa shape index (κ3) is 5.43. The predicted molar refractivity (Wildman–Crippen MR) is 99.1 cm³/mol. The summed E-state index contributed by atoms with van der Waals surface area (Å²) in [5, 5.41) is 10.4. The van der Waals surface area contributed by atoms with Crippen LogP contribution < -0.4 is 0 Å². The van der Waals surface area contributed by atoms with E-state index in [4.69, 9.17) is 4.74 Å². The van der Waals surface area contributed by atoms with Crippen LogP contribution in [0.4, 0.5) is 10.5 Å². The molecule has 1 aliphatic heterocycles. The largest absolute Gasteiger partial charge is 0.445 e. The Hall–Kier alpha value is -2.62. The van der Waals surface area contributed by atoms with Crippen LogP contribution >= 0.6 is 11.8 Å². The first-order chi connectivity index (χ1) is 12.7. The van der Waals surface area contributed by atoms with Crippen LogP contribution in [0.25, 0.3) is 0 Å². The molecule has 1 aromatic rings. The Morgan fingerprint density at radius 1 is 1.30 bits per heavy atom. The number of amides is 2. The van der Waals surface area contributed by atoms with Crippen molar-refractivity contribution >= 4 is 34.6 Å². The van der Waals surface area contributed by atoms with E-state index >= 15 is 0 Å². The molecule has 0 saturated carbocycles. The molecule has 1 saturated heterocycles. The van der Waals surface area contributed by atoms with E-state index in [1.807, 2.05) is 0 Å². The molecule has 0 radical (unpaired) electrons. The van der Waals surface area contributed by atoms with Crippen LogP contribution in [0.3, 0.4) is 0 Å². The molecule has 2 amide bonds. The number of hydrogen-bond acceptors (Lipinski definition) is 7. The highest BCUT2D eigenvalue weighted by atomic mass is 32.2. The van der Waals surface area contributed by atoms with Gasteiger partial charge in [0.05, 0.1) is 4.92 Å². The summed E-state index contributed by atoms with van der Waals surface area (Å²) in [7, 11) is 3.21. The number of nitro groups is 1. The van der Waals surface area contributed by atoms with Crippen molar-refractivity contribution in [2.45, 2.75) is 31.2 Å². The van der Waals surface area contributed by atoms with Crippen LogP contribution in [0.5, 0.6) is 0 Å². The topological polar surface area (TPSA) is 110 Å². The first kappa shape index (κ1) is 20.7. The van der Waals surface area contributed by atoms with Gasteiger partial charge in [-0.25, -0.2) is 4.79 Å². The van der Waals surface area contributed by atoms with Crippen molar-refractivity contribution in [3.8, 4) is 0 Å². The van der Waals surface area contributed by atoms with E-state index < -0.39 is 17.1 Å². The molecule has 0 aliphatic carbocycles. The summed E-state index contributed by atoms with van der Waals surface area (Å²) in [6, 6.07) is 4.99. The number of benzene rings is 1. The van der Waals surface area contributed by atoms with Crippen molar-refractivity contribution < 1.29 is 24.0 Å². The molecule has 10 heteroatoms. The highest BCUT2D eigenvalue weighted by molar-refractivity contribution is 8.14. The number of non-ortho nitro benzene ring substituents is 1. The third-order valence-electron chi connectivity index (χ3n) is 4.07. The van der Waals surface area contributed by atoms with E-state index in [-0.39, 0.29) is 35.1 Å². The highest BCUT2D eigenvalue weighted by Crippen LogP contribution is 2.29. The maximum Gasteiger partial charge on any atom is 0.410 e. The lowest BCUT2D eigenvalue weighted by atomic mass is 10.2. The van der Waals surface area contributed by atoms with E-state index in [1.165, 1.54) is 41.0 Å². The first-order valence-corrected chi connectivity index (χ1v) is 9.12. The summed E-state index contributed by atoms with van der Waals surface area (Å²) in [5.41, 5.74) is 0.545. The Kier molecular flexibility index (Phi) is 6.78. The zero-order chi connectivity index (χ0) is 20.1. The molecule has 0 bridgehead atoms. The number of carbonyl (C=O) groups excluding carboxylic acids is 3. The maximum atomic E-state index is 12.5. The standard InChI is InChI=1S/C17H21N3O6S/c1-11(21)27-14-8-15(16(22)18(2)3)19(9-14)17(23)26-10-12-4-6-13(7-5-12)20(24)25/h4-7,14-15H,8-10H2,1-3H3/t14-,15-/m1/s1. The molecule has 1 aromatic carbocycles. The summed E-state index contributed by atoms with van der Waals surface area (Å²) < 4.78 is 5.28. The van der Waals surface area contributed by atoms with Crippen LogP contribution in [0.2, 0.25) is 0 Å². The molecule has 146 valence electrons. The van der Waals surface area contributed by atoms with Crippen molar-refractivity contribution in [1.82, 2.24) is 9.80 Å². The van der Waals surface area contributed by atoms with Crippen LogP contribution in [-0.4, -0.2) is 63.8 Å². The Morgan fingerprint density at radius 3 is 2.44 bits per heavy atom. The van der Waals surface area contributed by atoms with Crippen molar-refractivity contribution in [3.05, 3.63) is 39.9 Å². The van der Waals surface area contributed by atoms with Crippen molar-refractivity contribution in [1.29, 1.82) is 0 Å². The van der Waals surface area contributed by atoms with Gasteiger partial charge >= 0.3 is 6.09 Å². The zero-order valence-electron chi connectivity index (χ0n) is 15.3. The molecule has 0 spiro atoms. The van der Waals surface area contributed by atoms with Gasteiger partial charge in [0.1, 0.15) is 12.6 Å². The molecule has 0 unspecified atom stereocenters. The minimum absolute atomic E-state index is 0.0506. The molecule has 0 aromatic heterocycles. The number of thioether (sulfide) groups is 1. The van der Waals surface area contributed by atoms with Crippen LogP contribution in [0, 0.1) is 10.1 Å². The predicted octanol–water partition coefficient (Wildman–Crippen LogP) is 2.04. The molecular weight excluding hydrogens is 374 g/mol. The number of nitro benzene ring substituents is 1. The number of nitrogens with zero attached hydrogens (tertiary/aromatic N) is 3. The number of likely N-dealkylation sites (tertiary alicyclic amines) is 1. The molecule has 2 atom stereocenters. The molecule has 9 nitrogen and oxygen atoms in total. The summed E-state index contributed by atoms with van der Waals surface area (Å²) in [4.78, 5) is 49.1. The third-order valence-corrected chi connectivity index (χ3v) is 5.07. The van der Waals surface area contributed by atoms with E-state index in [0.29, 0.717) is 12.0 Å². The average molecular weight is 395 g/mol. The number of ether oxygens (including phenoxy) is 1. The molecule has 0 N–H and O–H groups in total. The molecule has 2 rings (SSSR count). The van der Waals surface area contributed by atoms with E-state index in [9.17, 15) is 24.5 Å². The zero-order valence-corrected chi connectivity index (χ0v) is 16.1. The molecule has 1 aliphatic rings. The quantitative estimate of drug-likeness (QED) is 0.554. The normalized spacial score (nSPS) is 18.9. The van der Waals surface area contributed by atoms with Crippen LogP contribution in [0.15, 0.2) is 24.3 Å². The second-order valence-corrected chi connectivity index (χ2v) is 7.82. The minimum Gasteiger partial charge on any atom is -0.445 e. The van der Waals surface area contributed by atoms with E-state index in [0.717, 1.165) is 11.8 Å². The Labute approximate surface area is 160 Å². The average Bonchev–Trinajstić information content (AvgIpc) is 3.02. The highest BCUT2D eigenvalue weighted by Gasteiger charge is 2.41. The fourth-order valence-corrected chi connectivity index (χ4v) is 3.78. The van der Waals surface area contributed by atoms with Gasteiger partial charge in [-0.3, -0.25) is 24.6 Å². The van der Waals surface area contributed by atoms with Crippen LogP contribution in [-0.2, 0) is 20.9 Å². The Bertz CT molecular complexity index is 737. The van der Waals surface area contributed by atoms with Crippen molar-refractivity contribution in [2.75, 3.05) is 20.6 Å². The number of likely N-dealkylation sites (N-methyl/N-ethyl adjacent to an activating group) is 1. The van der Waals surface area contributed by atoms with Gasteiger partial charge in [0.25, 0.3) is 5.69 Å². The lowest BCUT2D eigenvalue weighted by Gasteiger charge is -2.25. The van der Waals surface area contributed by atoms with Crippen molar-refractivity contribution in [3.63, 3.8) is 0 Å². The van der Waals surface area contributed by atoms with Crippen LogP contribution in [0.1, 0.15) is 18.9 Å². The number of rotatable bonds is 5. The van der Waals surface area contributed by atoms with Gasteiger partial charge in [-0.15, -0.1) is 0 Å². The number of hydrogen-bond donors (Lipinski definition) is 0. The summed E-state index contributed by atoms with van der Waals surface area (Å²) in [6.45, 7) is 1.62. The Balaban J connectivity index is 2.03. The monoisotopic (exact) mass is 395 g/mol. The van der Waals surface area contributed by atoms with Gasteiger partial charge in [-0.1, -0.05) is 11.8 Å². The maximum absolute atomic E-state index is 12.5. The lowest BCUT2D eigenvalue weighted by Crippen LogP contribution is -2.45. The van der Waals surface area contributed by atoms with Gasteiger partial charge in [-0.2, -0.15) is 0 Å². The SMILES string of the molecule is CC(=O)S[C@@H]1C[C@H](C(=O)N(C)C)N(C(=O)OCc2ccc([N+](=O)[O-])cc2)C1. The summed E-state index contributed by atoms with van der Waals surface area (Å²) in [5.74, 6) is -0.228. The van der Waals surface area contributed by atoms with Gasteiger partial charge in [0, 0.05) is 44.9 Å². The molecule has 27 heavy (non-hydrogen) atoms. The molecular formula is C17H21N3O6S. The lowest BCUT2D eigenvalue weighted by molar-refractivity contribution is -0.384. The van der Waals surface area contributed by atoms with E-state index in [1.54, 1.807) is 14.1 Å². The van der Waals surface area contributed by atoms with Gasteiger partial charge in [0.2, 0.25) is 5.91 Å².